The lowest BCUT2D eigenvalue weighted by Crippen LogP contribution is -2.42. The third kappa shape index (κ3) is 6.96. The van der Waals surface area contributed by atoms with Crippen molar-refractivity contribution in [1.29, 1.82) is 0 Å². The van der Waals surface area contributed by atoms with Crippen molar-refractivity contribution in [2.24, 2.45) is 5.92 Å². The molecule has 0 aromatic carbocycles. The van der Waals surface area contributed by atoms with Crippen molar-refractivity contribution in [2.45, 2.75) is 77.2 Å². The molecule has 6 nitrogen and oxygen atoms in total. The SMILES string of the molecule is CC(C)S(=O)(=O)NC1CCC(CNC(=O)OC(C)(C)C)CC1. The van der Waals surface area contributed by atoms with E-state index >= 15 is 0 Å². The molecule has 0 saturated heterocycles. The maximum atomic E-state index is 11.8. The van der Waals surface area contributed by atoms with E-state index < -0.39 is 27.0 Å². The molecule has 2 N–H and O–H groups in total. The van der Waals surface area contributed by atoms with Gasteiger partial charge in [0.1, 0.15) is 5.60 Å². The molecule has 0 aliphatic heterocycles. The van der Waals surface area contributed by atoms with Crippen molar-refractivity contribution in [3.8, 4) is 0 Å². The highest BCUT2D eigenvalue weighted by Crippen LogP contribution is 2.24. The van der Waals surface area contributed by atoms with Crippen LogP contribution >= 0.6 is 0 Å². The van der Waals surface area contributed by atoms with Gasteiger partial charge in [-0.25, -0.2) is 17.9 Å². The molecule has 0 aromatic rings. The van der Waals surface area contributed by atoms with Crippen LogP contribution in [0.3, 0.4) is 0 Å². The van der Waals surface area contributed by atoms with Gasteiger partial charge in [-0.05, 0) is 66.2 Å². The highest BCUT2D eigenvalue weighted by Gasteiger charge is 2.26. The van der Waals surface area contributed by atoms with E-state index in [2.05, 4.69) is 10.0 Å². The van der Waals surface area contributed by atoms with E-state index in [1.54, 1.807) is 13.8 Å². The maximum Gasteiger partial charge on any atom is 0.407 e. The Morgan fingerprint density at radius 3 is 2.18 bits per heavy atom. The van der Waals surface area contributed by atoms with Gasteiger partial charge in [0, 0.05) is 12.6 Å². The fourth-order valence-electron chi connectivity index (χ4n) is 2.39. The predicted octanol–water partition coefficient (Wildman–Crippen LogP) is 2.40. The topological polar surface area (TPSA) is 84.5 Å². The van der Waals surface area contributed by atoms with E-state index in [9.17, 15) is 13.2 Å². The minimum atomic E-state index is -3.20. The van der Waals surface area contributed by atoms with Crippen molar-refractivity contribution in [3.05, 3.63) is 0 Å². The van der Waals surface area contributed by atoms with Crippen molar-refractivity contribution >= 4 is 16.1 Å². The molecule has 1 aliphatic rings. The van der Waals surface area contributed by atoms with Crippen LogP contribution in [0.4, 0.5) is 4.79 Å². The Morgan fingerprint density at radius 2 is 1.73 bits per heavy atom. The molecule has 1 rings (SSSR count). The lowest BCUT2D eigenvalue weighted by atomic mass is 9.86. The number of alkyl carbamates (subject to hydrolysis) is 1. The first-order valence-corrected chi connectivity index (χ1v) is 9.52. The molecule has 0 atom stereocenters. The highest BCUT2D eigenvalue weighted by molar-refractivity contribution is 7.90. The zero-order valence-electron chi connectivity index (χ0n) is 14.3. The number of carbonyl (C=O) groups excluding carboxylic acids is 1. The molecule has 0 heterocycles. The quantitative estimate of drug-likeness (QED) is 0.808. The number of nitrogens with one attached hydrogen (secondary N) is 2. The summed E-state index contributed by atoms with van der Waals surface area (Å²) >= 11 is 0. The Balaban J connectivity index is 2.30. The molecule has 0 spiro atoms. The van der Waals surface area contributed by atoms with Gasteiger partial charge < -0.3 is 10.1 Å². The van der Waals surface area contributed by atoms with Gasteiger partial charge in [0.05, 0.1) is 5.25 Å². The highest BCUT2D eigenvalue weighted by atomic mass is 32.2. The van der Waals surface area contributed by atoms with Gasteiger partial charge in [-0.2, -0.15) is 0 Å². The van der Waals surface area contributed by atoms with E-state index in [-0.39, 0.29) is 6.04 Å². The third-order valence-corrected chi connectivity index (χ3v) is 5.64. The Morgan fingerprint density at radius 1 is 1.18 bits per heavy atom. The molecule has 0 aromatic heterocycles. The minimum Gasteiger partial charge on any atom is -0.444 e. The summed E-state index contributed by atoms with van der Waals surface area (Å²) in [5.74, 6) is 0.382. The Bertz CT molecular complexity index is 460. The van der Waals surface area contributed by atoms with Gasteiger partial charge in [0.15, 0.2) is 0 Å². The lowest BCUT2D eigenvalue weighted by Gasteiger charge is -2.29. The molecular formula is C15H30N2O4S. The second-order valence-corrected chi connectivity index (χ2v) is 9.58. The van der Waals surface area contributed by atoms with Crippen LogP contribution in [-0.2, 0) is 14.8 Å². The van der Waals surface area contributed by atoms with Crippen LogP contribution in [0.5, 0.6) is 0 Å². The van der Waals surface area contributed by atoms with Crippen LogP contribution < -0.4 is 10.0 Å². The lowest BCUT2D eigenvalue weighted by molar-refractivity contribution is 0.0514. The molecule has 0 radical (unpaired) electrons. The van der Waals surface area contributed by atoms with Crippen molar-refractivity contribution in [2.75, 3.05) is 6.54 Å². The number of hydrogen-bond donors (Lipinski definition) is 2. The summed E-state index contributed by atoms with van der Waals surface area (Å²) in [6, 6.07) is 0.0187. The fourth-order valence-corrected chi connectivity index (χ4v) is 3.37. The summed E-state index contributed by atoms with van der Waals surface area (Å²) in [5.41, 5.74) is -0.489. The van der Waals surface area contributed by atoms with Crippen molar-refractivity contribution < 1.29 is 17.9 Å². The summed E-state index contributed by atoms with van der Waals surface area (Å²) < 4.78 is 31.7. The molecule has 1 amide bonds. The first kappa shape index (κ1) is 19.2. The number of amides is 1. The average Bonchev–Trinajstić information content (AvgIpc) is 2.35. The number of rotatable bonds is 5. The largest absolute Gasteiger partial charge is 0.444 e. The Kier molecular flexibility index (Phi) is 6.67. The predicted molar refractivity (Wildman–Crippen MR) is 87.2 cm³/mol. The Hall–Kier alpha value is -0.820. The van der Waals surface area contributed by atoms with Gasteiger partial charge in [0.2, 0.25) is 10.0 Å². The van der Waals surface area contributed by atoms with Crippen LogP contribution in [0, 0.1) is 5.92 Å². The Labute approximate surface area is 134 Å². The zero-order chi connectivity index (χ0) is 17.0. The first-order chi connectivity index (χ1) is 9.99. The number of sulfonamides is 1. The molecule has 1 aliphatic carbocycles. The second-order valence-electron chi connectivity index (χ2n) is 7.31. The van der Waals surface area contributed by atoms with Crippen LogP contribution in [0.1, 0.15) is 60.3 Å². The summed E-state index contributed by atoms with van der Waals surface area (Å²) in [6.45, 7) is 9.44. The van der Waals surface area contributed by atoms with Crippen LogP contribution in [-0.4, -0.2) is 37.9 Å². The summed E-state index contributed by atoms with van der Waals surface area (Å²) in [7, 11) is -3.20. The van der Waals surface area contributed by atoms with E-state index in [1.807, 2.05) is 20.8 Å². The number of hydrogen-bond acceptors (Lipinski definition) is 4. The van der Waals surface area contributed by atoms with Gasteiger partial charge in [-0.15, -0.1) is 0 Å². The van der Waals surface area contributed by atoms with E-state index in [1.165, 1.54) is 0 Å². The smallest absolute Gasteiger partial charge is 0.407 e. The van der Waals surface area contributed by atoms with E-state index in [0.717, 1.165) is 25.7 Å². The van der Waals surface area contributed by atoms with E-state index in [0.29, 0.717) is 12.5 Å². The summed E-state index contributed by atoms with van der Waals surface area (Å²) in [6.07, 6.45) is 3.04. The first-order valence-electron chi connectivity index (χ1n) is 7.97. The third-order valence-electron chi connectivity index (χ3n) is 3.73. The molecule has 22 heavy (non-hydrogen) atoms. The molecule has 0 bridgehead atoms. The standard InChI is InChI=1S/C15H30N2O4S/c1-11(2)22(19,20)17-13-8-6-12(7-9-13)10-16-14(18)21-15(3,4)5/h11-13,17H,6-10H2,1-5H3,(H,16,18). The molecule has 130 valence electrons. The van der Waals surface area contributed by atoms with Crippen LogP contribution in [0.25, 0.3) is 0 Å². The molecule has 1 fully saturated rings. The van der Waals surface area contributed by atoms with E-state index in [4.69, 9.17) is 4.74 Å². The molecule has 1 saturated carbocycles. The molecule has 7 heteroatoms. The maximum absolute atomic E-state index is 11.8. The van der Waals surface area contributed by atoms with Gasteiger partial charge in [-0.1, -0.05) is 0 Å². The molecule has 0 unspecified atom stereocenters. The monoisotopic (exact) mass is 334 g/mol. The number of ether oxygens (including phenoxy) is 1. The number of carbonyl (C=O) groups is 1. The van der Waals surface area contributed by atoms with Crippen molar-refractivity contribution in [1.82, 2.24) is 10.0 Å². The molecular weight excluding hydrogens is 304 g/mol. The zero-order valence-corrected chi connectivity index (χ0v) is 15.1. The minimum absolute atomic E-state index is 0.0187. The van der Waals surface area contributed by atoms with Crippen molar-refractivity contribution in [3.63, 3.8) is 0 Å². The van der Waals surface area contributed by atoms with Gasteiger partial charge >= 0.3 is 6.09 Å². The summed E-state index contributed by atoms with van der Waals surface area (Å²) in [5, 5.41) is 2.39. The normalized spacial score (nSPS) is 23.4. The second kappa shape index (κ2) is 7.64. The van der Waals surface area contributed by atoms with Crippen LogP contribution in [0.2, 0.25) is 0 Å². The fraction of sp³-hybridized carbons (Fsp3) is 0.933. The van der Waals surface area contributed by atoms with Crippen LogP contribution in [0.15, 0.2) is 0 Å². The average molecular weight is 334 g/mol. The summed E-state index contributed by atoms with van der Waals surface area (Å²) in [4.78, 5) is 11.6. The van der Waals surface area contributed by atoms with Gasteiger partial charge in [-0.3, -0.25) is 0 Å². The van der Waals surface area contributed by atoms with Gasteiger partial charge in [0.25, 0.3) is 0 Å².